The predicted octanol–water partition coefficient (Wildman–Crippen LogP) is 2.83. The number of aliphatic hydroxyl groups excluding tert-OH is 1. The van der Waals surface area contributed by atoms with Gasteiger partial charge in [-0.3, -0.25) is 4.79 Å². The smallest absolute Gasteiger partial charge is 0.252 e. The highest BCUT2D eigenvalue weighted by molar-refractivity contribution is 14.1. The molecule has 0 aliphatic heterocycles. The van der Waals surface area contributed by atoms with E-state index in [0.29, 0.717) is 17.0 Å². The fourth-order valence-corrected chi connectivity index (χ4v) is 2.81. The normalized spacial score (nSPS) is 25.4. The molecule has 2 N–H and O–H groups in total. The topological polar surface area (TPSA) is 49.3 Å². The first-order valence-electron chi connectivity index (χ1n) is 5.76. The van der Waals surface area contributed by atoms with Gasteiger partial charge in [-0.1, -0.05) is 25.4 Å². The number of benzene rings is 1. The molecule has 1 saturated carbocycles. The lowest BCUT2D eigenvalue weighted by Crippen LogP contribution is -2.61. The summed E-state index contributed by atoms with van der Waals surface area (Å²) in [7, 11) is 0. The van der Waals surface area contributed by atoms with Gasteiger partial charge in [0.25, 0.3) is 5.91 Å². The van der Waals surface area contributed by atoms with Crippen molar-refractivity contribution in [2.24, 2.45) is 5.41 Å². The summed E-state index contributed by atoms with van der Waals surface area (Å²) < 4.78 is 0.868. The monoisotopic (exact) mass is 379 g/mol. The Morgan fingerprint density at radius 3 is 2.78 bits per heavy atom. The molecule has 5 heteroatoms. The molecule has 3 nitrogen and oxygen atoms in total. The number of nitrogens with one attached hydrogen (secondary N) is 1. The quantitative estimate of drug-likeness (QED) is 0.776. The van der Waals surface area contributed by atoms with Crippen LogP contribution in [0.4, 0.5) is 0 Å². The molecule has 0 bridgehead atoms. The van der Waals surface area contributed by atoms with E-state index < -0.39 is 0 Å². The zero-order valence-electron chi connectivity index (χ0n) is 10.2. The molecule has 0 spiro atoms. The number of carbonyl (C=O) groups is 1. The minimum Gasteiger partial charge on any atom is -0.392 e. The summed E-state index contributed by atoms with van der Waals surface area (Å²) in [5, 5.41) is 13.2. The Labute approximate surface area is 125 Å². The molecule has 0 heterocycles. The summed E-state index contributed by atoms with van der Waals surface area (Å²) in [4.78, 5) is 12.2. The predicted molar refractivity (Wildman–Crippen MR) is 79.8 cm³/mol. The Balaban J connectivity index is 2.12. The molecule has 1 aromatic carbocycles. The maximum Gasteiger partial charge on any atom is 0.252 e. The summed E-state index contributed by atoms with van der Waals surface area (Å²) in [6, 6.07) is 5.26. The minimum atomic E-state index is -0.346. The van der Waals surface area contributed by atoms with E-state index in [1.807, 2.05) is 19.9 Å². The van der Waals surface area contributed by atoms with Crippen LogP contribution in [-0.2, 0) is 0 Å². The van der Waals surface area contributed by atoms with Crippen molar-refractivity contribution in [3.8, 4) is 0 Å². The molecule has 1 aliphatic carbocycles. The van der Waals surface area contributed by atoms with Gasteiger partial charge in [0, 0.05) is 20.0 Å². The van der Waals surface area contributed by atoms with E-state index in [4.69, 9.17) is 11.6 Å². The molecule has 0 aromatic heterocycles. The summed E-state index contributed by atoms with van der Waals surface area (Å²) in [5.41, 5.74) is 0.319. The first kappa shape index (κ1) is 14.1. The van der Waals surface area contributed by atoms with Crippen molar-refractivity contribution < 1.29 is 9.90 Å². The molecule has 1 amide bonds. The van der Waals surface area contributed by atoms with Crippen molar-refractivity contribution in [3.63, 3.8) is 0 Å². The highest BCUT2D eigenvalue weighted by Gasteiger charge is 2.48. The zero-order chi connectivity index (χ0) is 13.5. The van der Waals surface area contributed by atoms with E-state index in [0.717, 1.165) is 3.57 Å². The molecule has 1 aromatic rings. The molecule has 2 atom stereocenters. The molecule has 98 valence electrons. The van der Waals surface area contributed by atoms with E-state index in [1.54, 1.807) is 12.1 Å². The number of carbonyl (C=O) groups excluding carboxylic acids is 1. The molecule has 2 unspecified atom stereocenters. The van der Waals surface area contributed by atoms with Crippen LogP contribution >= 0.6 is 34.2 Å². The maximum atomic E-state index is 12.2. The van der Waals surface area contributed by atoms with Crippen LogP contribution in [-0.4, -0.2) is 23.2 Å². The fourth-order valence-electron chi connectivity index (χ4n) is 2.05. The third kappa shape index (κ3) is 2.51. The second-order valence-corrected chi connectivity index (χ2v) is 6.82. The Kier molecular flexibility index (Phi) is 3.90. The van der Waals surface area contributed by atoms with Crippen molar-refractivity contribution in [1.82, 2.24) is 5.32 Å². The number of rotatable bonds is 2. The maximum absolute atomic E-state index is 12.2. The summed E-state index contributed by atoms with van der Waals surface area (Å²) in [6.07, 6.45) is 0.261. The molecular weight excluding hydrogens is 365 g/mol. The lowest BCUT2D eigenvalue weighted by molar-refractivity contribution is -0.0689. The summed E-state index contributed by atoms with van der Waals surface area (Å²) >= 11 is 8.01. The lowest BCUT2D eigenvalue weighted by atomic mass is 9.64. The van der Waals surface area contributed by atoms with Gasteiger partial charge < -0.3 is 10.4 Å². The molecule has 0 radical (unpaired) electrons. The van der Waals surface area contributed by atoms with Crippen LogP contribution in [0.25, 0.3) is 0 Å². The number of amides is 1. The molecule has 1 aliphatic rings. The fraction of sp³-hybridized carbons (Fsp3) is 0.462. The van der Waals surface area contributed by atoms with E-state index >= 15 is 0 Å². The van der Waals surface area contributed by atoms with Crippen molar-refractivity contribution in [3.05, 3.63) is 32.4 Å². The minimum absolute atomic E-state index is 0.00906. The van der Waals surface area contributed by atoms with Crippen LogP contribution in [0.1, 0.15) is 30.6 Å². The lowest BCUT2D eigenvalue weighted by Gasteiger charge is -2.49. The summed E-state index contributed by atoms with van der Waals surface area (Å²) in [5.74, 6) is -0.133. The van der Waals surface area contributed by atoms with Gasteiger partial charge in [-0.25, -0.2) is 0 Å². The van der Waals surface area contributed by atoms with Crippen LogP contribution in [0.5, 0.6) is 0 Å². The van der Waals surface area contributed by atoms with Gasteiger partial charge in [-0.15, -0.1) is 0 Å². The van der Waals surface area contributed by atoms with Crippen molar-refractivity contribution in [2.75, 3.05) is 0 Å². The van der Waals surface area contributed by atoms with Gasteiger partial charge in [0.05, 0.1) is 11.7 Å². The van der Waals surface area contributed by atoms with Gasteiger partial charge in [0.2, 0.25) is 0 Å². The highest BCUT2D eigenvalue weighted by Crippen LogP contribution is 2.40. The molecule has 1 fully saturated rings. The van der Waals surface area contributed by atoms with Crippen molar-refractivity contribution in [1.29, 1.82) is 0 Å². The van der Waals surface area contributed by atoms with Gasteiger partial charge in [-0.05, 0) is 47.2 Å². The van der Waals surface area contributed by atoms with Crippen LogP contribution in [0.2, 0.25) is 5.02 Å². The Morgan fingerprint density at radius 2 is 2.22 bits per heavy atom. The molecular formula is C13H15ClINO2. The average Bonchev–Trinajstić information content (AvgIpc) is 2.31. The van der Waals surface area contributed by atoms with E-state index in [9.17, 15) is 9.90 Å². The van der Waals surface area contributed by atoms with Gasteiger partial charge in [0.15, 0.2) is 0 Å². The Hall–Kier alpha value is -0.330. The third-order valence-electron chi connectivity index (χ3n) is 3.69. The Bertz CT molecular complexity index is 490. The zero-order valence-corrected chi connectivity index (χ0v) is 13.1. The Morgan fingerprint density at radius 1 is 1.56 bits per heavy atom. The largest absolute Gasteiger partial charge is 0.392 e. The van der Waals surface area contributed by atoms with Crippen molar-refractivity contribution in [2.45, 2.75) is 32.4 Å². The highest BCUT2D eigenvalue weighted by atomic mass is 127. The molecule has 18 heavy (non-hydrogen) atoms. The number of hydrogen-bond donors (Lipinski definition) is 2. The van der Waals surface area contributed by atoms with Gasteiger partial charge in [0.1, 0.15) is 0 Å². The van der Waals surface area contributed by atoms with Crippen LogP contribution in [0.15, 0.2) is 18.2 Å². The summed E-state index contributed by atoms with van der Waals surface area (Å²) in [6.45, 7) is 3.91. The number of aliphatic hydroxyl groups is 1. The second-order valence-electron chi connectivity index (χ2n) is 5.22. The van der Waals surface area contributed by atoms with E-state index in [-0.39, 0.29) is 23.5 Å². The second kappa shape index (κ2) is 4.98. The van der Waals surface area contributed by atoms with Crippen LogP contribution in [0, 0.1) is 8.99 Å². The molecule has 0 saturated heterocycles. The average molecular weight is 380 g/mol. The van der Waals surface area contributed by atoms with E-state index in [2.05, 4.69) is 27.9 Å². The van der Waals surface area contributed by atoms with Crippen LogP contribution in [0.3, 0.4) is 0 Å². The first-order valence-corrected chi connectivity index (χ1v) is 7.22. The van der Waals surface area contributed by atoms with Crippen molar-refractivity contribution >= 4 is 40.1 Å². The number of hydrogen-bond acceptors (Lipinski definition) is 2. The number of halogens is 2. The first-order chi connectivity index (χ1) is 8.32. The van der Waals surface area contributed by atoms with Gasteiger partial charge >= 0.3 is 0 Å². The third-order valence-corrected chi connectivity index (χ3v) is 4.87. The standard InChI is InChI=1S/C13H15ClINO2/c1-13(2)10(6-11(13)17)16-12(18)8-5-7(14)3-4-9(8)15/h3-5,10-11,17H,6H2,1-2H3,(H,16,18). The van der Waals surface area contributed by atoms with E-state index in [1.165, 1.54) is 0 Å². The molecule has 2 rings (SSSR count). The van der Waals surface area contributed by atoms with Crippen LogP contribution < -0.4 is 5.32 Å². The van der Waals surface area contributed by atoms with Gasteiger partial charge in [-0.2, -0.15) is 0 Å². The SMILES string of the molecule is CC1(C)C(O)CC1NC(=O)c1cc(Cl)ccc1I.